The molecule has 1 aromatic carbocycles. The fraction of sp³-hybridized carbons (Fsp3) is 0.455. The molecule has 1 aromatic heterocycles. The zero-order valence-corrected chi connectivity index (χ0v) is 17.3. The van der Waals surface area contributed by atoms with Crippen LogP contribution in [0.1, 0.15) is 24.4 Å². The maximum absolute atomic E-state index is 5.67. The monoisotopic (exact) mass is 397 g/mol. The number of aromatic nitrogens is 1. The smallest absolute Gasteiger partial charge is 0.191 e. The van der Waals surface area contributed by atoms with Gasteiger partial charge < -0.3 is 20.1 Å². The quantitative estimate of drug-likeness (QED) is 0.385. The van der Waals surface area contributed by atoms with E-state index in [0.717, 1.165) is 37.1 Å². The number of nitrogens with zero attached hydrogens (tertiary/aromatic N) is 3. The van der Waals surface area contributed by atoms with E-state index in [0.29, 0.717) is 13.2 Å². The zero-order chi connectivity index (χ0) is 20.3. The Kier molecular flexibility index (Phi) is 8.12. The molecule has 0 aliphatic carbocycles. The molecule has 3 rings (SSSR count). The van der Waals surface area contributed by atoms with Gasteiger partial charge in [-0.2, -0.15) is 0 Å². The summed E-state index contributed by atoms with van der Waals surface area (Å²) in [5, 5.41) is 6.78. The van der Waals surface area contributed by atoms with E-state index in [2.05, 4.69) is 43.7 Å². The molecule has 1 unspecified atom stereocenters. The molecule has 0 saturated carbocycles. The van der Waals surface area contributed by atoms with Crippen molar-refractivity contribution >= 4 is 5.96 Å². The standard InChI is InChI=1S/C22H31N5O2/c1-23-22(25-11-14-29-20-9-6-10-24-16-20)26-17-21(27-12-3-4-13-27)18-7-5-8-19(15-18)28-2/h5-10,15-16,21H,3-4,11-14,17H2,1-2H3,(H2,23,25,26). The van der Waals surface area contributed by atoms with Crippen molar-refractivity contribution < 1.29 is 9.47 Å². The number of hydrogen-bond donors (Lipinski definition) is 2. The highest BCUT2D eigenvalue weighted by Crippen LogP contribution is 2.27. The van der Waals surface area contributed by atoms with Gasteiger partial charge in [0.25, 0.3) is 0 Å². The minimum atomic E-state index is 0.276. The Hall–Kier alpha value is -2.80. The van der Waals surface area contributed by atoms with Crippen LogP contribution in [0.4, 0.5) is 0 Å². The van der Waals surface area contributed by atoms with Crippen molar-refractivity contribution in [2.45, 2.75) is 18.9 Å². The normalized spacial score (nSPS) is 15.7. The molecule has 2 heterocycles. The molecule has 2 aromatic rings. The van der Waals surface area contributed by atoms with Crippen LogP contribution in [0, 0.1) is 0 Å². The summed E-state index contributed by atoms with van der Waals surface area (Å²) >= 11 is 0. The molecule has 1 aliphatic heterocycles. The van der Waals surface area contributed by atoms with Crippen LogP contribution in [0.3, 0.4) is 0 Å². The minimum Gasteiger partial charge on any atom is -0.497 e. The van der Waals surface area contributed by atoms with E-state index in [1.54, 1.807) is 26.6 Å². The lowest BCUT2D eigenvalue weighted by Gasteiger charge is -2.29. The molecule has 0 bridgehead atoms. The van der Waals surface area contributed by atoms with E-state index in [4.69, 9.17) is 9.47 Å². The third-order valence-corrected chi connectivity index (χ3v) is 5.04. The Morgan fingerprint density at radius 3 is 2.72 bits per heavy atom. The predicted molar refractivity (Wildman–Crippen MR) is 116 cm³/mol. The maximum atomic E-state index is 5.67. The summed E-state index contributed by atoms with van der Waals surface area (Å²) in [5.74, 6) is 2.43. The van der Waals surface area contributed by atoms with E-state index in [1.807, 2.05) is 18.2 Å². The Balaban J connectivity index is 1.52. The number of aliphatic imine (C=N–C) groups is 1. The topological polar surface area (TPSA) is 71.0 Å². The Bertz CT molecular complexity index is 763. The number of hydrogen-bond acceptors (Lipinski definition) is 5. The average molecular weight is 398 g/mol. The molecule has 7 heteroatoms. The summed E-state index contributed by atoms with van der Waals surface area (Å²) in [5.41, 5.74) is 1.26. The third kappa shape index (κ3) is 6.35. The van der Waals surface area contributed by atoms with Gasteiger partial charge in [0.05, 0.1) is 25.9 Å². The number of rotatable bonds is 9. The Labute approximate surface area is 173 Å². The highest BCUT2D eigenvalue weighted by Gasteiger charge is 2.24. The molecule has 0 radical (unpaired) electrons. The molecule has 0 spiro atoms. The zero-order valence-electron chi connectivity index (χ0n) is 17.3. The molecular weight excluding hydrogens is 366 g/mol. The van der Waals surface area contributed by atoms with Crippen molar-refractivity contribution in [1.29, 1.82) is 0 Å². The summed E-state index contributed by atoms with van der Waals surface area (Å²) < 4.78 is 11.1. The molecule has 29 heavy (non-hydrogen) atoms. The predicted octanol–water partition coefficient (Wildman–Crippen LogP) is 2.47. The van der Waals surface area contributed by atoms with E-state index in [9.17, 15) is 0 Å². The van der Waals surface area contributed by atoms with Gasteiger partial charge in [0.1, 0.15) is 18.1 Å². The first-order valence-corrected chi connectivity index (χ1v) is 10.2. The van der Waals surface area contributed by atoms with Gasteiger partial charge in [0, 0.05) is 19.8 Å². The number of pyridine rings is 1. The molecule has 156 valence electrons. The first-order chi connectivity index (χ1) is 14.3. The summed E-state index contributed by atoms with van der Waals surface area (Å²) in [7, 11) is 3.50. The van der Waals surface area contributed by atoms with Crippen LogP contribution in [0.15, 0.2) is 53.8 Å². The van der Waals surface area contributed by atoms with Crippen molar-refractivity contribution in [3.05, 3.63) is 54.4 Å². The van der Waals surface area contributed by atoms with Gasteiger partial charge in [-0.3, -0.25) is 14.9 Å². The summed E-state index contributed by atoms with van der Waals surface area (Å²) in [4.78, 5) is 10.9. The number of ether oxygens (including phenoxy) is 2. The fourth-order valence-electron chi connectivity index (χ4n) is 3.54. The Morgan fingerprint density at radius 2 is 2.00 bits per heavy atom. The van der Waals surface area contributed by atoms with Crippen LogP contribution in [0.5, 0.6) is 11.5 Å². The van der Waals surface area contributed by atoms with E-state index < -0.39 is 0 Å². The highest BCUT2D eigenvalue weighted by molar-refractivity contribution is 5.79. The second-order valence-electron chi connectivity index (χ2n) is 6.95. The SMILES string of the molecule is CN=C(NCCOc1cccnc1)NCC(c1cccc(OC)c1)N1CCCC1. The summed E-state index contributed by atoms with van der Waals surface area (Å²) in [6.45, 7) is 4.21. The number of benzene rings is 1. The number of methoxy groups -OCH3 is 1. The largest absolute Gasteiger partial charge is 0.497 e. The highest BCUT2D eigenvalue weighted by atomic mass is 16.5. The number of likely N-dealkylation sites (tertiary alicyclic amines) is 1. The number of guanidine groups is 1. The van der Waals surface area contributed by atoms with Crippen LogP contribution in [0.25, 0.3) is 0 Å². The first-order valence-electron chi connectivity index (χ1n) is 10.2. The van der Waals surface area contributed by atoms with Crippen molar-refractivity contribution in [2.24, 2.45) is 4.99 Å². The minimum absolute atomic E-state index is 0.276. The van der Waals surface area contributed by atoms with E-state index in [1.165, 1.54) is 18.4 Å². The third-order valence-electron chi connectivity index (χ3n) is 5.04. The van der Waals surface area contributed by atoms with Gasteiger partial charge in [-0.05, 0) is 55.8 Å². The van der Waals surface area contributed by atoms with Crippen molar-refractivity contribution in [2.75, 3.05) is 46.9 Å². The van der Waals surface area contributed by atoms with Crippen molar-refractivity contribution in [3.8, 4) is 11.5 Å². The van der Waals surface area contributed by atoms with Crippen LogP contribution >= 0.6 is 0 Å². The second-order valence-corrected chi connectivity index (χ2v) is 6.95. The van der Waals surface area contributed by atoms with Crippen LogP contribution in [-0.2, 0) is 0 Å². The van der Waals surface area contributed by atoms with Gasteiger partial charge in [-0.15, -0.1) is 0 Å². The Morgan fingerprint density at radius 1 is 1.17 bits per heavy atom. The lowest BCUT2D eigenvalue weighted by molar-refractivity contribution is 0.244. The lowest BCUT2D eigenvalue weighted by Crippen LogP contribution is -2.43. The molecule has 1 aliphatic rings. The molecule has 7 nitrogen and oxygen atoms in total. The number of nitrogens with one attached hydrogen (secondary N) is 2. The van der Waals surface area contributed by atoms with Crippen LogP contribution in [0.2, 0.25) is 0 Å². The van der Waals surface area contributed by atoms with Gasteiger partial charge in [0.15, 0.2) is 5.96 Å². The fourth-order valence-corrected chi connectivity index (χ4v) is 3.54. The van der Waals surface area contributed by atoms with Gasteiger partial charge in [0.2, 0.25) is 0 Å². The van der Waals surface area contributed by atoms with Gasteiger partial charge in [-0.1, -0.05) is 12.1 Å². The van der Waals surface area contributed by atoms with Crippen LogP contribution < -0.4 is 20.1 Å². The van der Waals surface area contributed by atoms with Gasteiger partial charge >= 0.3 is 0 Å². The summed E-state index contributed by atoms with van der Waals surface area (Å²) in [6.07, 6.45) is 5.94. The average Bonchev–Trinajstić information content (AvgIpc) is 3.31. The summed E-state index contributed by atoms with van der Waals surface area (Å²) in [6, 6.07) is 12.4. The van der Waals surface area contributed by atoms with Crippen LogP contribution in [-0.4, -0.2) is 62.8 Å². The molecule has 0 amide bonds. The molecule has 1 saturated heterocycles. The maximum Gasteiger partial charge on any atom is 0.191 e. The van der Waals surface area contributed by atoms with Gasteiger partial charge in [-0.25, -0.2) is 0 Å². The molecule has 1 fully saturated rings. The van der Waals surface area contributed by atoms with Crippen molar-refractivity contribution in [3.63, 3.8) is 0 Å². The molecular formula is C22H31N5O2. The second kappa shape index (κ2) is 11.3. The van der Waals surface area contributed by atoms with E-state index in [-0.39, 0.29) is 6.04 Å². The lowest BCUT2D eigenvalue weighted by atomic mass is 10.1. The van der Waals surface area contributed by atoms with Crippen molar-refractivity contribution in [1.82, 2.24) is 20.5 Å². The molecule has 1 atom stereocenters. The van der Waals surface area contributed by atoms with E-state index >= 15 is 0 Å². The molecule has 2 N–H and O–H groups in total. The first kappa shape index (κ1) is 20.9.